The van der Waals surface area contributed by atoms with E-state index in [1.165, 1.54) is 6.07 Å². The Balaban J connectivity index is 2.63. The SMILES string of the molecule is O=c1ccc2ccc3occcc3c2n1. The number of nitrogens with zero attached hydrogens (tertiary/aromatic N) is 1. The number of fused-ring (bicyclic) bond motifs is 3. The van der Waals surface area contributed by atoms with Crippen LogP contribution in [0.25, 0.3) is 21.9 Å². The molecule has 0 radical (unpaired) electrons. The Morgan fingerprint density at radius 1 is 1.07 bits per heavy atom. The summed E-state index contributed by atoms with van der Waals surface area (Å²) in [6.45, 7) is 0. The molecule has 0 N–H and O–H groups in total. The molecule has 3 rings (SSSR count). The van der Waals surface area contributed by atoms with Crippen molar-refractivity contribution in [3.8, 4) is 0 Å². The smallest absolute Gasteiger partial charge is 0.270 e. The van der Waals surface area contributed by atoms with Crippen molar-refractivity contribution in [3.63, 3.8) is 0 Å². The van der Waals surface area contributed by atoms with Crippen molar-refractivity contribution >= 4 is 21.9 Å². The van der Waals surface area contributed by atoms with E-state index in [0.29, 0.717) is 5.52 Å². The largest absolute Gasteiger partial charge is 0.464 e. The van der Waals surface area contributed by atoms with Gasteiger partial charge in [-0.05, 0) is 30.3 Å². The molecule has 0 spiro atoms. The van der Waals surface area contributed by atoms with E-state index in [0.717, 1.165) is 16.4 Å². The van der Waals surface area contributed by atoms with Gasteiger partial charge in [-0.15, -0.1) is 0 Å². The molecule has 3 aromatic rings. The molecule has 15 heavy (non-hydrogen) atoms. The van der Waals surface area contributed by atoms with Crippen LogP contribution >= 0.6 is 0 Å². The third-order valence-corrected chi connectivity index (χ3v) is 2.37. The Labute approximate surface area is 85.0 Å². The zero-order chi connectivity index (χ0) is 10.3. The van der Waals surface area contributed by atoms with Crippen molar-refractivity contribution in [1.29, 1.82) is 0 Å². The maximum absolute atomic E-state index is 11.2. The first-order chi connectivity index (χ1) is 7.34. The topological polar surface area (TPSA) is 43.1 Å². The van der Waals surface area contributed by atoms with Crippen LogP contribution in [0.15, 0.2) is 51.9 Å². The van der Waals surface area contributed by atoms with E-state index in [-0.39, 0.29) is 5.56 Å². The highest BCUT2D eigenvalue weighted by molar-refractivity contribution is 6.02. The molecule has 2 aromatic heterocycles. The second-order valence-electron chi connectivity index (χ2n) is 3.31. The Morgan fingerprint density at radius 3 is 2.87 bits per heavy atom. The molecule has 1 aromatic carbocycles. The number of hydrogen-bond donors (Lipinski definition) is 0. The predicted octanol–water partition coefficient (Wildman–Crippen LogP) is 2.34. The van der Waals surface area contributed by atoms with Crippen molar-refractivity contribution < 1.29 is 4.42 Å². The highest BCUT2D eigenvalue weighted by atomic mass is 16.3. The van der Waals surface area contributed by atoms with Gasteiger partial charge in [0.1, 0.15) is 5.58 Å². The summed E-state index contributed by atoms with van der Waals surface area (Å²) in [5, 5.41) is 1.82. The highest BCUT2D eigenvalue weighted by Crippen LogP contribution is 2.21. The summed E-state index contributed by atoms with van der Waals surface area (Å²) in [5.41, 5.74) is 1.21. The standard InChI is InChI=1S/C12H7NO2/c14-11-6-4-8-3-5-10-9(12(8)13-11)2-1-7-15-10/h1-7H. The molecule has 0 aliphatic rings. The molecule has 0 aliphatic heterocycles. The average molecular weight is 197 g/mol. The minimum atomic E-state index is -0.223. The first kappa shape index (κ1) is 8.17. The van der Waals surface area contributed by atoms with Crippen molar-refractivity contribution in [1.82, 2.24) is 4.98 Å². The first-order valence-corrected chi connectivity index (χ1v) is 4.62. The molecule has 0 aliphatic carbocycles. The Bertz CT molecular complexity index is 700. The second kappa shape index (κ2) is 2.92. The van der Waals surface area contributed by atoms with Crippen molar-refractivity contribution in [2.24, 2.45) is 0 Å². The van der Waals surface area contributed by atoms with E-state index in [4.69, 9.17) is 4.42 Å². The van der Waals surface area contributed by atoms with E-state index in [1.54, 1.807) is 18.4 Å². The molecule has 3 heteroatoms. The van der Waals surface area contributed by atoms with Crippen LogP contribution in [0.2, 0.25) is 0 Å². The number of aromatic nitrogens is 1. The molecule has 0 saturated heterocycles. The maximum atomic E-state index is 11.2. The summed E-state index contributed by atoms with van der Waals surface area (Å²) in [4.78, 5) is 15.2. The fraction of sp³-hybridized carbons (Fsp3) is 0. The maximum Gasteiger partial charge on any atom is 0.270 e. The highest BCUT2D eigenvalue weighted by Gasteiger charge is 2.02. The molecule has 0 amide bonds. The van der Waals surface area contributed by atoms with Gasteiger partial charge in [-0.1, -0.05) is 0 Å². The molecular formula is C12H7NO2. The summed E-state index contributed by atoms with van der Waals surface area (Å²) in [7, 11) is 0. The van der Waals surface area contributed by atoms with Crippen LogP contribution in [0, 0.1) is 0 Å². The lowest BCUT2D eigenvalue weighted by Crippen LogP contribution is -2.02. The summed E-state index contributed by atoms with van der Waals surface area (Å²) < 4.78 is 5.32. The monoisotopic (exact) mass is 197 g/mol. The predicted molar refractivity (Wildman–Crippen MR) is 57.8 cm³/mol. The zero-order valence-corrected chi connectivity index (χ0v) is 7.81. The van der Waals surface area contributed by atoms with Gasteiger partial charge in [0.2, 0.25) is 0 Å². The normalized spacial score (nSPS) is 10.9. The third kappa shape index (κ3) is 1.21. The summed E-state index contributed by atoms with van der Waals surface area (Å²) in [5.74, 6) is 0. The van der Waals surface area contributed by atoms with Crippen LogP contribution in [-0.4, -0.2) is 4.98 Å². The van der Waals surface area contributed by atoms with Gasteiger partial charge >= 0.3 is 0 Å². The van der Waals surface area contributed by atoms with Crippen molar-refractivity contribution in [3.05, 3.63) is 53.0 Å². The number of pyridine rings is 1. The Kier molecular flexibility index (Phi) is 1.59. The minimum Gasteiger partial charge on any atom is -0.464 e. The molecule has 0 unspecified atom stereocenters. The number of benzene rings is 1. The summed E-state index contributed by atoms with van der Waals surface area (Å²) in [6, 6.07) is 10.7. The molecule has 3 nitrogen and oxygen atoms in total. The lowest BCUT2D eigenvalue weighted by atomic mass is 10.1. The Hall–Kier alpha value is -2.16. The fourth-order valence-electron chi connectivity index (χ4n) is 1.69. The van der Waals surface area contributed by atoms with E-state index in [9.17, 15) is 4.79 Å². The van der Waals surface area contributed by atoms with Gasteiger partial charge in [-0.3, -0.25) is 4.79 Å². The van der Waals surface area contributed by atoms with Crippen LogP contribution in [0.5, 0.6) is 0 Å². The third-order valence-electron chi connectivity index (χ3n) is 2.37. The van der Waals surface area contributed by atoms with Gasteiger partial charge in [-0.25, -0.2) is 4.98 Å². The lowest BCUT2D eigenvalue weighted by Gasteiger charge is -2.00. The summed E-state index contributed by atoms with van der Waals surface area (Å²) >= 11 is 0. The minimum absolute atomic E-state index is 0.223. The van der Waals surface area contributed by atoms with Crippen molar-refractivity contribution in [2.75, 3.05) is 0 Å². The van der Waals surface area contributed by atoms with Crippen LogP contribution in [-0.2, 0) is 0 Å². The number of rotatable bonds is 0. The molecular weight excluding hydrogens is 190 g/mol. The van der Waals surface area contributed by atoms with Gasteiger partial charge in [0.25, 0.3) is 5.56 Å². The Morgan fingerprint density at radius 2 is 1.93 bits per heavy atom. The van der Waals surface area contributed by atoms with E-state index >= 15 is 0 Å². The lowest BCUT2D eigenvalue weighted by molar-refractivity contribution is 0.604. The van der Waals surface area contributed by atoms with Gasteiger partial charge < -0.3 is 4.42 Å². The molecule has 2 heterocycles. The van der Waals surface area contributed by atoms with Crippen LogP contribution in [0.4, 0.5) is 0 Å². The first-order valence-electron chi connectivity index (χ1n) is 4.62. The van der Waals surface area contributed by atoms with Crippen molar-refractivity contribution in [2.45, 2.75) is 0 Å². The quantitative estimate of drug-likeness (QED) is 0.519. The van der Waals surface area contributed by atoms with E-state index in [1.807, 2.05) is 18.2 Å². The second-order valence-corrected chi connectivity index (χ2v) is 3.31. The van der Waals surface area contributed by atoms with Crippen LogP contribution in [0.1, 0.15) is 0 Å². The molecule has 0 atom stereocenters. The van der Waals surface area contributed by atoms with E-state index < -0.39 is 0 Å². The van der Waals surface area contributed by atoms with Gasteiger partial charge in [-0.2, -0.15) is 0 Å². The van der Waals surface area contributed by atoms with Crippen LogP contribution < -0.4 is 5.56 Å². The van der Waals surface area contributed by atoms with E-state index in [2.05, 4.69) is 4.98 Å². The van der Waals surface area contributed by atoms with Gasteiger partial charge in [0.05, 0.1) is 11.8 Å². The molecule has 0 saturated carbocycles. The fourth-order valence-corrected chi connectivity index (χ4v) is 1.69. The van der Waals surface area contributed by atoms with Crippen LogP contribution in [0.3, 0.4) is 0 Å². The van der Waals surface area contributed by atoms with Gasteiger partial charge in [0.15, 0.2) is 0 Å². The average Bonchev–Trinajstić information content (AvgIpc) is 2.29. The number of hydrogen-bond acceptors (Lipinski definition) is 3. The molecule has 0 fully saturated rings. The van der Waals surface area contributed by atoms with Gasteiger partial charge in [0, 0.05) is 16.8 Å². The summed E-state index contributed by atoms with van der Waals surface area (Å²) in [6.07, 6.45) is 1.61. The molecule has 0 bridgehead atoms. The zero-order valence-electron chi connectivity index (χ0n) is 7.81. The molecule has 72 valence electrons.